The van der Waals surface area contributed by atoms with Gasteiger partial charge in [0.2, 0.25) is 0 Å². The number of benzene rings is 2. The van der Waals surface area contributed by atoms with E-state index in [9.17, 15) is 35.6 Å². The van der Waals surface area contributed by atoms with Crippen LogP contribution in [0.2, 0.25) is 0 Å². The molecule has 0 bridgehead atoms. The Morgan fingerprint density at radius 3 is 1.97 bits per heavy atom. The molecule has 2 atom stereocenters. The quantitative estimate of drug-likeness (QED) is 0.352. The van der Waals surface area contributed by atoms with Gasteiger partial charge in [0.15, 0.2) is 0 Å². The third-order valence-electron chi connectivity index (χ3n) is 5.15. The van der Waals surface area contributed by atoms with Crippen molar-refractivity contribution in [1.29, 1.82) is 0 Å². The fourth-order valence-electron chi connectivity index (χ4n) is 3.71. The summed E-state index contributed by atoms with van der Waals surface area (Å²) in [4.78, 5) is 12.1. The number of hydrogen-bond donors (Lipinski definition) is 0. The zero-order valence-electron chi connectivity index (χ0n) is 18.6. The third kappa shape index (κ3) is 8.68. The first-order chi connectivity index (χ1) is 15.8. The lowest BCUT2D eigenvalue weighted by Gasteiger charge is -2.31. The summed E-state index contributed by atoms with van der Waals surface area (Å²) in [7, 11) is 4.17. The molecule has 11 heteroatoms. The van der Waals surface area contributed by atoms with Crippen LogP contribution in [0.25, 0.3) is 0 Å². The van der Waals surface area contributed by atoms with Crippen LogP contribution in [-0.4, -0.2) is 38.8 Å². The van der Waals surface area contributed by atoms with Gasteiger partial charge in [0, 0.05) is 12.5 Å². The van der Waals surface area contributed by atoms with Gasteiger partial charge >= 0.3 is 12.4 Å². The lowest BCUT2D eigenvalue weighted by Crippen LogP contribution is -2.31. The minimum Gasteiger partial charge on any atom is -0.380 e. The van der Waals surface area contributed by atoms with E-state index in [2.05, 4.69) is 24.2 Å². The Morgan fingerprint density at radius 2 is 1.50 bits per heavy atom. The average molecular weight is 494 g/mol. The van der Waals surface area contributed by atoms with Crippen LogP contribution in [0, 0.1) is 16.6 Å². The van der Waals surface area contributed by atoms with Crippen LogP contribution in [-0.2, 0) is 23.6 Å². The highest BCUT2D eigenvalue weighted by atomic mass is 19.4. The van der Waals surface area contributed by atoms with Gasteiger partial charge in [-0.05, 0) is 67.9 Å². The van der Waals surface area contributed by atoms with Gasteiger partial charge in [-0.3, -0.25) is 0 Å². The molecule has 0 spiro atoms. The molecule has 2 unspecified atom stereocenters. The molecule has 0 saturated carbocycles. The molecule has 1 heterocycles. The molecule has 1 saturated heterocycles. The SMILES string of the molecule is CN(C)CC1COCC(c2ccc(F)cc2)C1.O=NCc1cc(C(F)(F)F)cc(C(F)(F)F)c1. The van der Waals surface area contributed by atoms with Crippen LogP contribution in [0.4, 0.5) is 30.7 Å². The highest BCUT2D eigenvalue weighted by Crippen LogP contribution is 2.36. The van der Waals surface area contributed by atoms with E-state index >= 15 is 0 Å². The van der Waals surface area contributed by atoms with Crippen molar-refractivity contribution < 1.29 is 35.5 Å². The molecule has 0 amide bonds. The molecule has 1 aliphatic heterocycles. The zero-order chi connectivity index (χ0) is 25.5. The largest absolute Gasteiger partial charge is 0.416 e. The molecule has 2 aromatic rings. The summed E-state index contributed by atoms with van der Waals surface area (Å²) in [6.07, 6.45) is -8.68. The van der Waals surface area contributed by atoms with Gasteiger partial charge < -0.3 is 9.64 Å². The molecule has 4 nitrogen and oxygen atoms in total. The second-order valence-corrected chi connectivity index (χ2v) is 8.35. The van der Waals surface area contributed by atoms with Gasteiger partial charge in [-0.1, -0.05) is 17.3 Å². The molecule has 1 fully saturated rings. The number of alkyl halides is 6. The number of halogens is 7. The molecule has 2 aromatic carbocycles. The van der Waals surface area contributed by atoms with Crippen LogP contribution >= 0.6 is 0 Å². The molecule has 1 aliphatic rings. The molecule has 0 radical (unpaired) electrons. The second-order valence-electron chi connectivity index (χ2n) is 8.35. The van der Waals surface area contributed by atoms with E-state index in [0.29, 0.717) is 24.0 Å². The summed E-state index contributed by atoms with van der Waals surface area (Å²) in [5.41, 5.74) is -2.14. The Bertz CT molecular complexity index is 896. The van der Waals surface area contributed by atoms with Gasteiger partial charge in [-0.15, -0.1) is 0 Å². The summed E-state index contributed by atoms with van der Waals surface area (Å²) >= 11 is 0. The Morgan fingerprint density at radius 1 is 0.941 bits per heavy atom. The maximum Gasteiger partial charge on any atom is 0.416 e. The second kappa shape index (κ2) is 11.7. The smallest absolute Gasteiger partial charge is 0.380 e. The number of nitroso groups, excluding NO2 is 1. The van der Waals surface area contributed by atoms with E-state index in [4.69, 9.17) is 4.74 Å². The van der Waals surface area contributed by atoms with Crippen LogP contribution < -0.4 is 0 Å². The van der Waals surface area contributed by atoms with Gasteiger partial charge in [-0.25, -0.2) is 4.39 Å². The predicted molar refractivity (Wildman–Crippen MR) is 113 cm³/mol. The van der Waals surface area contributed by atoms with Crippen molar-refractivity contribution in [2.24, 2.45) is 11.1 Å². The molecule has 188 valence electrons. The minimum atomic E-state index is -4.90. The van der Waals surface area contributed by atoms with Crippen LogP contribution in [0.1, 0.15) is 34.6 Å². The molecule has 34 heavy (non-hydrogen) atoms. The Balaban J connectivity index is 0.000000240. The van der Waals surface area contributed by atoms with Crippen molar-refractivity contribution in [3.8, 4) is 0 Å². The maximum absolute atomic E-state index is 12.9. The van der Waals surface area contributed by atoms with Crippen molar-refractivity contribution in [2.45, 2.75) is 31.2 Å². The topological polar surface area (TPSA) is 41.9 Å². The predicted octanol–water partition coefficient (Wildman–Crippen LogP) is 6.50. The summed E-state index contributed by atoms with van der Waals surface area (Å²) in [5.74, 6) is 0.818. The van der Waals surface area contributed by atoms with Crippen molar-refractivity contribution >= 4 is 0 Å². The van der Waals surface area contributed by atoms with E-state index < -0.39 is 35.6 Å². The molecular weight excluding hydrogens is 469 g/mol. The van der Waals surface area contributed by atoms with Gasteiger partial charge in [-0.2, -0.15) is 31.2 Å². The van der Waals surface area contributed by atoms with Gasteiger partial charge in [0.1, 0.15) is 12.4 Å². The monoisotopic (exact) mass is 494 g/mol. The van der Waals surface area contributed by atoms with Crippen LogP contribution in [0.3, 0.4) is 0 Å². The van der Waals surface area contributed by atoms with Crippen molar-refractivity contribution in [2.75, 3.05) is 33.9 Å². The molecule has 0 aliphatic carbocycles. The van der Waals surface area contributed by atoms with E-state index in [0.717, 1.165) is 26.2 Å². The lowest BCUT2D eigenvalue weighted by atomic mass is 9.87. The maximum atomic E-state index is 12.9. The summed E-state index contributed by atoms with van der Waals surface area (Å²) in [6.45, 7) is 1.91. The standard InChI is InChI=1S/C14H20FNO.C9H5F6NO/c1-16(2)8-11-7-13(10-17-9-11)12-3-5-14(15)6-4-12;10-8(11,12)6-1-5(4-16-17)2-7(3-6)9(13,14)15/h3-6,11,13H,7-10H2,1-2H3;1-3H,4H2. The Hall–Kier alpha value is -2.53. The van der Waals surface area contributed by atoms with Crippen LogP contribution in [0.5, 0.6) is 0 Å². The minimum absolute atomic E-state index is 0.00565. The Kier molecular flexibility index (Phi) is 9.57. The number of nitrogens with zero attached hydrogens (tertiary/aromatic N) is 2. The van der Waals surface area contributed by atoms with Gasteiger partial charge in [0.25, 0.3) is 0 Å². The molecule has 3 rings (SSSR count). The highest BCUT2D eigenvalue weighted by molar-refractivity contribution is 5.33. The first-order valence-electron chi connectivity index (χ1n) is 10.3. The van der Waals surface area contributed by atoms with Crippen molar-refractivity contribution in [1.82, 2.24) is 4.90 Å². The average Bonchev–Trinajstić information content (AvgIpc) is 2.73. The lowest BCUT2D eigenvalue weighted by molar-refractivity contribution is -0.143. The van der Waals surface area contributed by atoms with Crippen molar-refractivity contribution in [3.05, 3.63) is 75.4 Å². The Labute approximate surface area is 192 Å². The first kappa shape index (κ1) is 27.7. The molecular formula is C23H25F7N2O2. The summed E-state index contributed by atoms with van der Waals surface area (Å²) in [6, 6.07) is 7.75. The number of rotatable bonds is 5. The normalized spacial score (nSPS) is 18.9. The summed E-state index contributed by atoms with van der Waals surface area (Å²) in [5, 5.41) is 2.27. The fraction of sp³-hybridized carbons (Fsp3) is 0.478. The van der Waals surface area contributed by atoms with E-state index in [1.807, 2.05) is 12.1 Å². The van der Waals surface area contributed by atoms with E-state index in [1.165, 1.54) is 17.7 Å². The first-order valence-corrected chi connectivity index (χ1v) is 10.3. The third-order valence-corrected chi connectivity index (χ3v) is 5.15. The van der Waals surface area contributed by atoms with Gasteiger partial charge in [0.05, 0.1) is 24.3 Å². The summed E-state index contributed by atoms with van der Waals surface area (Å²) < 4.78 is 92.3. The number of hydrogen-bond acceptors (Lipinski definition) is 4. The number of ether oxygens (including phenoxy) is 1. The van der Waals surface area contributed by atoms with Crippen molar-refractivity contribution in [3.63, 3.8) is 0 Å². The zero-order valence-corrected chi connectivity index (χ0v) is 18.6. The molecule has 0 N–H and O–H groups in total. The van der Waals surface area contributed by atoms with Crippen LogP contribution in [0.15, 0.2) is 47.6 Å². The van der Waals surface area contributed by atoms with E-state index in [-0.39, 0.29) is 11.9 Å². The molecule has 0 aromatic heterocycles. The highest BCUT2D eigenvalue weighted by Gasteiger charge is 2.36. The van der Waals surface area contributed by atoms with E-state index in [1.54, 1.807) is 0 Å². The fourth-order valence-corrected chi connectivity index (χ4v) is 3.71.